The van der Waals surface area contributed by atoms with E-state index in [2.05, 4.69) is 10.1 Å². The van der Waals surface area contributed by atoms with Crippen LogP contribution in [0, 0.1) is 16.6 Å². The maximum Gasteiger partial charge on any atom is 0.258 e. The second kappa shape index (κ2) is 3.64. The highest BCUT2D eigenvalue weighted by Gasteiger charge is 2.08. The zero-order valence-corrected chi connectivity index (χ0v) is 9.45. The molecule has 1 aromatic heterocycles. The normalized spacial score (nSPS) is 10.5. The monoisotopic (exact) mass is 304 g/mol. The van der Waals surface area contributed by atoms with Crippen LogP contribution in [0.4, 0.5) is 4.39 Å². The summed E-state index contributed by atoms with van der Waals surface area (Å²) >= 11 is 1.93. The maximum absolute atomic E-state index is 13.2. The van der Waals surface area contributed by atoms with Crippen molar-refractivity contribution in [2.24, 2.45) is 0 Å². The molecule has 0 fully saturated rings. The van der Waals surface area contributed by atoms with Gasteiger partial charge in [0.25, 0.3) is 5.89 Å². The minimum atomic E-state index is -0.268. The zero-order chi connectivity index (χ0) is 10.1. The number of aryl methyl sites for hydroxylation is 1. The third-order valence-corrected chi connectivity index (χ3v) is 2.26. The Morgan fingerprint density at radius 2 is 2.21 bits per heavy atom. The zero-order valence-electron chi connectivity index (χ0n) is 7.29. The standard InChI is InChI=1S/C9H6FIN2O/c1-5-2-3-6(4-7(5)10)8-12-9(11)13-14-8/h2-4H,1H3. The van der Waals surface area contributed by atoms with Crippen LogP contribution in [-0.2, 0) is 0 Å². The topological polar surface area (TPSA) is 38.9 Å². The third-order valence-electron chi connectivity index (χ3n) is 1.82. The highest BCUT2D eigenvalue weighted by Crippen LogP contribution is 2.20. The number of halogens is 2. The minimum Gasteiger partial charge on any atom is -0.333 e. The van der Waals surface area contributed by atoms with Crippen molar-refractivity contribution in [1.82, 2.24) is 10.1 Å². The molecular weight excluding hydrogens is 298 g/mol. The lowest BCUT2D eigenvalue weighted by molar-refractivity contribution is 0.425. The average Bonchev–Trinajstić information content (AvgIpc) is 2.57. The summed E-state index contributed by atoms with van der Waals surface area (Å²) in [5.41, 5.74) is 1.20. The Balaban J connectivity index is 2.47. The van der Waals surface area contributed by atoms with Crippen LogP contribution in [0.15, 0.2) is 22.7 Å². The molecule has 1 heterocycles. The summed E-state index contributed by atoms with van der Waals surface area (Å²) in [5, 5.41) is 3.62. The van der Waals surface area contributed by atoms with Gasteiger partial charge in [-0.15, -0.1) is 0 Å². The smallest absolute Gasteiger partial charge is 0.258 e. The molecule has 0 N–H and O–H groups in total. The SMILES string of the molecule is Cc1ccc(-c2nc(I)no2)cc1F. The fraction of sp³-hybridized carbons (Fsp3) is 0.111. The van der Waals surface area contributed by atoms with Crippen LogP contribution in [-0.4, -0.2) is 10.1 Å². The molecule has 2 rings (SSSR count). The van der Waals surface area contributed by atoms with Crippen molar-refractivity contribution in [1.29, 1.82) is 0 Å². The predicted molar refractivity (Wildman–Crippen MR) is 57.1 cm³/mol. The summed E-state index contributed by atoms with van der Waals surface area (Å²) < 4.78 is 18.6. The van der Waals surface area contributed by atoms with Gasteiger partial charge in [0.1, 0.15) is 5.82 Å². The van der Waals surface area contributed by atoms with Gasteiger partial charge < -0.3 is 4.52 Å². The van der Waals surface area contributed by atoms with Crippen LogP contribution in [0.5, 0.6) is 0 Å². The lowest BCUT2D eigenvalue weighted by Crippen LogP contribution is -1.84. The van der Waals surface area contributed by atoms with Crippen LogP contribution >= 0.6 is 22.6 Å². The molecule has 0 aliphatic rings. The molecule has 0 atom stereocenters. The number of nitrogens with zero attached hydrogens (tertiary/aromatic N) is 2. The first kappa shape index (κ1) is 9.57. The van der Waals surface area contributed by atoms with Crippen molar-refractivity contribution in [2.45, 2.75) is 6.92 Å². The molecule has 0 aliphatic heterocycles. The molecule has 1 aromatic carbocycles. The van der Waals surface area contributed by atoms with E-state index in [9.17, 15) is 4.39 Å². The van der Waals surface area contributed by atoms with Crippen LogP contribution in [0.2, 0.25) is 0 Å². The average molecular weight is 304 g/mol. The van der Waals surface area contributed by atoms with E-state index in [1.807, 2.05) is 22.6 Å². The molecule has 0 saturated heterocycles. The van der Waals surface area contributed by atoms with Gasteiger partial charge in [0, 0.05) is 28.2 Å². The summed E-state index contributed by atoms with van der Waals surface area (Å²) in [6, 6.07) is 4.82. The molecule has 0 aliphatic carbocycles. The fourth-order valence-corrected chi connectivity index (χ4v) is 1.37. The number of hydrogen-bond donors (Lipinski definition) is 0. The van der Waals surface area contributed by atoms with E-state index < -0.39 is 0 Å². The van der Waals surface area contributed by atoms with E-state index in [1.54, 1.807) is 19.1 Å². The summed E-state index contributed by atoms with van der Waals surface area (Å²) in [5.74, 6) is 0.0732. The largest absolute Gasteiger partial charge is 0.333 e. The Kier molecular flexibility index (Phi) is 2.49. The van der Waals surface area contributed by atoms with Crippen LogP contribution < -0.4 is 0 Å². The van der Waals surface area contributed by atoms with Crippen LogP contribution in [0.25, 0.3) is 11.5 Å². The highest BCUT2D eigenvalue weighted by atomic mass is 127. The molecule has 0 unspecified atom stereocenters. The first-order chi connectivity index (χ1) is 6.66. The van der Waals surface area contributed by atoms with Gasteiger partial charge in [-0.05, 0) is 24.6 Å². The molecule has 72 valence electrons. The first-order valence-electron chi connectivity index (χ1n) is 3.92. The number of aromatic nitrogens is 2. The Hall–Kier alpha value is -0.980. The molecule has 0 saturated carbocycles. The van der Waals surface area contributed by atoms with Gasteiger partial charge in [0.15, 0.2) is 0 Å². The van der Waals surface area contributed by atoms with Crippen LogP contribution in [0.3, 0.4) is 0 Å². The van der Waals surface area contributed by atoms with Gasteiger partial charge in [0.05, 0.1) is 0 Å². The quantitative estimate of drug-likeness (QED) is 0.761. The molecule has 0 bridgehead atoms. The van der Waals surface area contributed by atoms with Crippen molar-refractivity contribution < 1.29 is 8.91 Å². The van der Waals surface area contributed by atoms with E-state index in [1.165, 1.54) is 6.07 Å². The summed E-state index contributed by atoms with van der Waals surface area (Å²) in [4.78, 5) is 3.99. The molecule has 0 radical (unpaired) electrons. The lowest BCUT2D eigenvalue weighted by atomic mass is 10.1. The van der Waals surface area contributed by atoms with Gasteiger partial charge >= 0.3 is 0 Å². The van der Waals surface area contributed by atoms with Gasteiger partial charge in [0.2, 0.25) is 3.83 Å². The second-order valence-corrected chi connectivity index (χ2v) is 3.80. The van der Waals surface area contributed by atoms with Crippen LogP contribution in [0.1, 0.15) is 5.56 Å². The minimum absolute atomic E-state index is 0.268. The van der Waals surface area contributed by atoms with Gasteiger partial charge in [-0.25, -0.2) is 4.39 Å². The van der Waals surface area contributed by atoms with E-state index in [-0.39, 0.29) is 5.82 Å². The summed E-state index contributed by atoms with van der Waals surface area (Å²) in [7, 11) is 0. The first-order valence-corrected chi connectivity index (χ1v) is 5.00. The molecule has 0 amide bonds. The number of benzene rings is 1. The molecule has 2 aromatic rings. The predicted octanol–water partition coefficient (Wildman–Crippen LogP) is 2.79. The lowest BCUT2D eigenvalue weighted by Gasteiger charge is -1.97. The van der Waals surface area contributed by atoms with Gasteiger partial charge in [-0.3, -0.25) is 0 Å². The number of hydrogen-bond acceptors (Lipinski definition) is 3. The third kappa shape index (κ3) is 1.77. The highest BCUT2D eigenvalue weighted by molar-refractivity contribution is 14.1. The molecular formula is C9H6FIN2O. The van der Waals surface area contributed by atoms with E-state index in [4.69, 9.17) is 4.52 Å². The van der Waals surface area contributed by atoms with Crippen molar-refractivity contribution in [3.63, 3.8) is 0 Å². The summed E-state index contributed by atoms with van der Waals surface area (Å²) in [6.07, 6.45) is 0. The molecule has 5 heteroatoms. The van der Waals surface area contributed by atoms with Crippen molar-refractivity contribution in [3.05, 3.63) is 33.4 Å². The Morgan fingerprint density at radius 3 is 2.79 bits per heavy atom. The van der Waals surface area contributed by atoms with E-state index >= 15 is 0 Å². The van der Waals surface area contributed by atoms with Gasteiger partial charge in [-0.1, -0.05) is 11.2 Å². The molecule has 0 spiro atoms. The van der Waals surface area contributed by atoms with E-state index in [0.717, 1.165) is 0 Å². The van der Waals surface area contributed by atoms with E-state index in [0.29, 0.717) is 20.8 Å². The second-order valence-electron chi connectivity index (χ2n) is 2.83. The Bertz CT molecular complexity index is 470. The van der Waals surface area contributed by atoms with Crippen molar-refractivity contribution in [2.75, 3.05) is 0 Å². The number of rotatable bonds is 1. The fourth-order valence-electron chi connectivity index (χ4n) is 1.05. The Morgan fingerprint density at radius 1 is 1.43 bits per heavy atom. The van der Waals surface area contributed by atoms with Crippen molar-refractivity contribution >= 4 is 22.6 Å². The Labute approximate surface area is 93.5 Å². The summed E-state index contributed by atoms with van der Waals surface area (Å²) in [6.45, 7) is 1.71. The molecule has 3 nitrogen and oxygen atoms in total. The molecule has 14 heavy (non-hydrogen) atoms. The van der Waals surface area contributed by atoms with Gasteiger partial charge in [-0.2, -0.15) is 4.98 Å². The van der Waals surface area contributed by atoms with Crippen molar-refractivity contribution in [3.8, 4) is 11.5 Å². The maximum atomic E-state index is 13.2.